The van der Waals surface area contributed by atoms with E-state index in [1.165, 1.54) is 19.2 Å². The molecule has 5 rings (SSSR count). The van der Waals surface area contributed by atoms with Crippen molar-refractivity contribution in [2.24, 2.45) is 11.8 Å². The molecular formula is C29H33ClF3NO4. The summed E-state index contributed by atoms with van der Waals surface area (Å²) in [5.41, 5.74) is 1.51. The first-order valence-corrected chi connectivity index (χ1v) is 13.6. The van der Waals surface area contributed by atoms with Crippen LogP contribution in [0.5, 0.6) is 11.5 Å². The number of benzene rings is 2. The molecule has 9 heteroatoms. The number of likely N-dealkylation sites (tertiary alicyclic amines) is 1. The second-order valence-corrected chi connectivity index (χ2v) is 11.3. The maximum Gasteiger partial charge on any atom is 0.387 e. The molecule has 2 aliphatic heterocycles. The Kier molecular flexibility index (Phi) is 7.83. The van der Waals surface area contributed by atoms with E-state index in [4.69, 9.17) is 21.1 Å². The average Bonchev–Trinajstić information content (AvgIpc) is 3.73. The van der Waals surface area contributed by atoms with E-state index in [0.717, 1.165) is 24.8 Å². The largest absolute Gasteiger partial charge is 0.484 e. The number of hydrogen-bond acceptors (Lipinski definition) is 5. The predicted octanol–water partition coefficient (Wildman–Crippen LogP) is 6.74. The Labute approximate surface area is 226 Å². The summed E-state index contributed by atoms with van der Waals surface area (Å²) in [6.07, 6.45) is 4.82. The Balaban J connectivity index is 1.31. The lowest BCUT2D eigenvalue weighted by molar-refractivity contribution is -0.145. The third-order valence-corrected chi connectivity index (χ3v) is 8.61. The van der Waals surface area contributed by atoms with Crippen LogP contribution in [0.4, 0.5) is 13.2 Å². The quantitative estimate of drug-likeness (QED) is 0.340. The van der Waals surface area contributed by atoms with Gasteiger partial charge in [0.2, 0.25) is 0 Å². The van der Waals surface area contributed by atoms with Crippen LogP contribution in [0.2, 0.25) is 5.02 Å². The monoisotopic (exact) mass is 551 g/mol. The highest BCUT2D eigenvalue weighted by Gasteiger charge is 2.44. The molecule has 0 aromatic heterocycles. The van der Waals surface area contributed by atoms with E-state index in [9.17, 15) is 13.6 Å². The summed E-state index contributed by atoms with van der Waals surface area (Å²) in [5.74, 6) is -0.663. The number of esters is 1. The third kappa shape index (κ3) is 5.62. The summed E-state index contributed by atoms with van der Waals surface area (Å²) in [4.78, 5) is 14.5. The molecule has 0 N–H and O–H groups in total. The van der Waals surface area contributed by atoms with Crippen molar-refractivity contribution in [3.05, 3.63) is 57.9 Å². The zero-order valence-corrected chi connectivity index (χ0v) is 22.4. The molecule has 2 aromatic carbocycles. The highest BCUT2D eigenvalue weighted by Crippen LogP contribution is 2.50. The predicted molar refractivity (Wildman–Crippen MR) is 137 cm³/mol. The van der Waals surface area contributed by atoms with Crippen molar-refractivity contribution >= 4 is 17.6 Å². The highest BCUT2D eigenvalue weighted by molar-refractivity contribution is 6.30. The average molecular weight is 552 g/mol. The van der Waals surface area contributed by atoms with Gasteiger partial charge in [-0.2, -0.15) is 8.78 Å². The van der Waals surface area contributed by atoms with Crippen LogP contribution in [0.15, 0.2) is 30.3 Å². The van der Waals surface area contributed by atoms with Gasteiger partial charge >= 0.3 is 12.6 Å². The molecule has 2 aromatic rings. The van der Waals surface area contributed by atoms with E-state index >= 15 is 4.39 Å². The lowest BCUT2D eigenvalue weighted by Crippen LogP contribution is -2.49. The third-order valence-electron chi connectivity index (χ3n) is 8.38. The first kappa shape index (κ1) is 27.1. The Morgan fingerprint density at radius 2 is 1.92 bits per heavy atom. The number of nitrogens with zero attached hydrogens (tertiary/aromatic N) is 1. The lowest BCUT2D eigenvalue weighted by atomic mass is 9.80. The fourth-order valence-electron chi connectivity index (χ4n) is 6.12. The van der Waals surface area contributed by atoms with Crippen molar-refractivity contribution in [1.82, 2.24) is 4.90 Å². The highest BCUT2D eigenvalue weighted by atomic mass is 35.5. The molecule has 2 fully saturated rings. The molecule has 0 bridgehead atoms. The molecule has 2 heterocycles. The van der Waals surface area contributed by atoms with E-state index in [-0.39, 0.29) is 29.4 Å². The molecule has 1 saturated heterocycles. The van der Waals surface area contributed by atoms with Crippen LogP contribution in [0.3, 0.4) is 0 Å². The molecule has 0 amide bonds. The van der Waals surface area contributed by atoms with Crippen molar-refractivity contribution in [1.29, 1.82) is 0 Å². The number of aryl methyl sites for hydroxylation is 1. The van der Waals surface area contributed by atoms with Crippen LogP contribution in [0.25, 0.3) is 0 Å². The molecule has 1 saturated carbocycles. The summed E-state index contributed by atoms with van der Waals surface area (Å²) < 4.78 is 57.9. The molecule has 5 nitrogen and oxygen atoms in total. The fourth-order valence-corrected chi connectivity index (χ4v) is 6.31. The summed E-state index contributed by atoms with van der Waals surface area (Å²) in [6.45, 7) is 0.652. The van der Waals surface area contributed by atoms with E-state index in [0.29, 0.717) is 60.8 Å². The minimum atomic E-state index is -2.91. The molecule has 38 heavy (non-hydrogen) atoms. The smallest absolute Gasteiger partial charge is 0.387 e. The number of piperidine rings is 1. The number of halogens is 4. The van der Waals surface area contributed by atoms with Gasteiger partial charge in [-0.15, -0.1) is 0 Å². The van der Waals surface area contributed by atoms with Crippen molar-refractivity contribution < 1.29 is 32.2 Å². The topological polar surface area (TPSA) is 48.0 Å². The zero-order chi connectivity index (χ0) is 27.0. The summed E-state index contributed by atoms with van der Waals surface area (Å²) in [6, 6.07) is 8.42. The van der Waals surface area contributed by atoms with Gasteiger partial charge in [0.25, 0.3) is 0 Å². The summed E-state index contributed by atoms with van der Waals surface area (Å²) >= 11 is 6.11. The van der Waals surface area contributed by atoms with Crippen molar-refractivity contribution in [3.8, 4) is 11.5 Å². The zero-order valence-electron chi connectivity index (χ0n) is 21.7. The van der Waals surface area contributed by atoms with E-state index in [2.05, 4.69) is 9.64 Å². The summed E-state index contributed by atoms with van der Waals surface area (Å²) in [7, 11) is 1.37. The summed E-state index contributed by atoms with van der Waals surface area (Å²) in [5, 5.41) is 0.458. The van der Waals surface area contributed by atoms with E-state index < -0.39 is 18.1 Å². The van der Waals surface area contributed by atoms with Gasteiger partial charge in [-0.05, 0) is 73.8 Å². The van der Waals surface area contributed by atoms with Gasteiger partial charge in [-0.1, -0.05) is 30.7 Å². The molecule has 1 aliphatic carbocycles. The van der Waals surface area contributed by atoms with Crippen LogP contribution in [-0.2, 0) is 22.5 Å². The molecule has 0 radical (unpaired) electrons. The standard InChI is InChI=1S/C29H33ClF3NO4/c1-17(27(35)36-2)24(18-3-4-18)22-7-5-19-9-10-29(38-26(19)25(22)31)11-13-34(14-12-29)16-20-15-21(30)6-8-23(20)37-28(32)33/h5-8,15,17-18,24,28H,3-4,9-14,16H2,1-2H3/t17-,24+/m1/s1. The van der Waals surface area contributed by atoms with Crippen LogP contribution in [0, 0.1) is 17.7 Å². The first-order valence-electron chi connectivity index (χ1n) is 13.2. The number of hydrogen-bond donors (Lipinski definition) is 0. The van der Waals surface area contributed by atoms with Gasteiger partial charge in [0.15, 0.2) is 11.6 Å². The van der Waals surface area contributed by atoms with Gasteiger partial charge in [0.1, 0.15) is 11.4 Å². The van der Waals surface area contributed by atoms with Crippen LogP contribution in [0.1, 0.15) is 61.6 Å². The fraction of sp³-hybridized carbons (Fsp3) is 0.552. The number of fused-ring (bicyclic) bond motifs is 1. The van der Waals surface area contributed by atoms with Gasteiger partial charge in [-0.25, -0.2) is 4.39 Å². The number of alkyl halides is 2. The van der Waals surface area contributed by atoms with E-state index in [1.54, 1.807) is 6.07 Å². The minimum absolute atomic E-state index is 0.119. The Morgan fingerprint density at radius 3 is 2.58 bits per heavy atom. The van der Waals surface area contributed by atoms with Crippen LogP contribution < -0.4 is 9.47 Å². The Hall–Kier alpha value is -2.45. The normalized spacial score (nSPS) is 20.5. The van der Waals surface area contributed by atoms with Gasteiger partial charge < -0.3 is 14.2 Å². The number of rotatable bonds is 8. The Morgan fingerprint density at radius 1 is 1.18 bits per heavy atom. The molecule has 3 aliphatic rings. The maximum atomic E-state index is 16.0. The van der Waals surface area contributed by atoms with Crippen molar-refractivity contribution in [3.63, 3.8) is 0 Å². The minimum Gasteiger partial charge on any atom is -0.484 e. The maximum absolute atomic E-state index is 16.0. The van der Waals surface area contributed by atoms with Crippen molar-refractivity contribution in [2.75, 3.05) is 20.2 Å². The van der Waals surface area contributed by atoms with Gasteiger partial charge in [0, 0.05) is 36.1 Å². The SMILES string of the molecule is COC(=O)[C@H](C)[C@H](c1ccc2c(c1F)OC1(CC2)CCN(Cc2cc(Cl)ccc2OC(F)F)CC1)C1CC1. The molecule has 206 valence electrons. The van der Waals surface area contributed by atoms with E-state index in [1.807, 2.05) is 19.1 Å². The Bertz CT molecular complexity index is 1180. The van der Waals surface area contributed by atoms with Crippen LogP contribution in [-0.4, -0.2) is 43.3 Å². The lowest BCUT2D eigenvalue weighted by Gasteiger charge is -2.45. The number of carbonyl (C=O) groups is 1. The number of methoxy groups -OCH3 is 1. The molecule has 1 spiro atoms. The second kappa shape index (κ2) is 11.0. The number of ether oxygens (including phenoxy) is 3. The molecule has 2 atom stereocenters. The van der Waals surface area contributed by atoms with Gasteiger partial charge in [0.05, 0.1) is 13.0 Å². The first-order chi connectivity index (χ1) is 18.2. The molecule has 0 unspecified atom stereocenters. The van der Waals surface area contributed by atoms with Crippen LogP contribution >= 0.6 is 11.6 Å². The second-order valence-electron chi connectivity index (χ2n) is 10.8. The number of carbonyl (C=O) groups excluding carboxylic acids is 1. The van der Waals surface area contributed by atoms with Gasteiger partial charge in [-0.3, -0.25) is 9.69 Å². The molecular weight excluding hydrogens is 519 g/mol. The van der Waals surface area contributed by atoms with Crippen molar-refractivity contribution in [2.45, 2.75) is 70.1 Å².